The number of β-amino-alcohol motifs (C(OH)–C–C–N with tert-alkyl or cyclic N) is 1. The lowest BCUT2D eigenvalue weighted by Crippen LogP contribution is -2.60. The van der Waals surface area contributed by atoms with E-state index in [1.165, 1.54) is 11.3 Å². The minimum Gasteiger partial charge on any atom is -0.490 e. The molecule has 6 rings (SSSR count). The second-order valence-electron chi connectivity index (χ2n) is 13.2. The van der Waals surface area contributed by atoms with Crippen molar-refractivity contribution in [3.8, 4) is 16.5 Å². The maximum atomic E-state index is 13.9. The van der Waals surface area contributed by atoms with E-state index in [0.29, 0.717) is 48.8 Å². The summed E-state index contributed by atoms with van der Waals surface area (Å²) in [6.07, 6.45) is -4.01. The summed E-state index contributed by atoms with van der Waals surface area (Å²) in [7, 11) is 0. The third-order valence-electron chi connectivity index (χ3n) is 9.37. The molecule has 0 unspecified atom stereocenters. The zero-order valence-corrected chi connectivity index (χ0v) is 29.2. The Balaban J connectivity index is 1.14. The SMILES string of the molecule is O=C(N[C@H]1c2ccccc2OC[C@H]1O)[C@H](CCc1ccccc1)C[C@H](O)CN1CCN(Cc2ccc(-c3nccs3)o2)C[C@H]1C(=O)NCC(F)(F)F. The van der Waals surface area contributed by atoms with Crippen molar-refractivity contribution in [1.29, 1.82) is 0 Å². The van der Waals surface area contributed by atoms with Crippen LogP contribution >= 0.6 is 11.3 Å². The van der Waals surface area contributed by atoms with Crippen molar-refractivity contribution < 1.29 is 42.1 Å². The van der Waals surface area contributed by atoms with Crippen molar-refractivity contribution in [3.63, 3.8) is 0 Å². The first-order chi connectivity index (χ1) is 25.0. The van der Waals surface area contributed by atoms with Crippen LogP contribution in [0.3, 0.4) is 0 Å². The molecule has 4 heterocycles. The number of para-hydroxylation sites is 1. The van der Waals surface area contributed by atoms with Crippen molar-refractivity contribution in [2.24, 2.45) is 5.92 Å². The molecule has 0 aliphatic carbocycles. The summed E-state index contributed by atoms with van der Waals surface area (Å²) >= 11 is 1.43. The van der Waals surface area contributed by atoms with E-state index in [2.05, 4.69) is 10.3 Å². The fourth-order valence-electron chi connectivity index (χ4n) is 6.74. The van der Waals surface area contributed by atoms with Gasteiger partial charge in [0.2, 0.25) is 11.8 Å². The molecule has 2 aliphatic heterocycles. The topological polar surface area (TPSA) is 140 Å². The summed E-state index contributed by atoms with van der Waals surface area (Å²) in [6, 6.07) is 18.7. The Kier molecular flexibility index (Phi) is 12.3. The standard InChI is InChI=1S/C37H42F3N5O6S/c38-37(39,40)23-42-35(49)29-21-44(20-27-12-13-32(51-27)36-41-14-17-52-36)15-16-45(29)19-26(46)18-25(11-10-24-6-2-1-3-7-24)34(48)43-33-28-8-4-5-9-31(28)50-22-30(33)47/h1-9,12-14,17,25-26,29-30,33,46-47H,10-11,15-16,18-23H2,(H,42,49)(H,43,48)/t25-,26+,29+,30-,33+/m1/s1. The fourth-order valence-corrected chi connectivity index (χ4v) is 7.34. The van der Waals surface area contributed by atoms with Gasteiger partial charge in [0.05, 0.1) is 18.7 Å². The van der Waals surface area contributed by atoms with Gasteiger partial charge in [-0.2, -0.15) is 13.2 Å². The number of benzene rings is 2. The van der Waals surface area contributed by atoms with Crippen molar-refractivity contribution >= 4 is 23.2 Å². The molecular weight excluding hydrogens is 699 g/mol. The second kappa shape index (κ2) is 17.0. The lowest BCUT2D eigenvalue weighted by molar-refractivity contribution is -0.143. The average Bonchev–Trinajstić information content (AvgIpc) is 3.84. The van der Waals surface area contributed by atoms with Crippen LogP contribution in [0.15, 0.2) is 82.7 Å². The first kappa shape index (κ1) is 37.5. The van der Waals surface area contributed by atoms with E-state index in [9.17, 15) is 33.0 Å². The van der Waals surface area contributed by atoms with Crippen LogP contribution in [-0.4, -0.2) is 101 Å². The Morgan fingerprint density at radius 1 is 1.06 bits per heavy atom. The number of rotatable bonds is 14. The first-order valence-corrected chi connectivity index (χ1v) is 18.1. The number of nitrogens with zero attached hydrogens (tertiary/aromatic N) is 3. The molecule has 4 aromatic rings. The van der Waals surface area contributed by atoms with Gasteiger partial charge in [-0.15, -0.1) is 11.3 Å². The van der Waals surface area contributed by atoms with Crippen molar-refractivity contribution in [2.45, 2.75) is 56.3 Å². The summed E-state index contributed by atoms with van der Waals surface area (Å²) in [5, 5.41) is 29.8. The summed E-state index contributed by atoms with van der Waals surface area (Å²) in [6.45, 7) is -0.330. The van der Waals surface area contributed by atoms with Gasteiger partial charge in [0, 0.05) is 49.2 Å². The van der Waals surface area contributed by atoms with E-state index < -0.39 is 48.8 Å². The molecule has 11 nitrogen and oxygen atoms in total. The molecule has 2 amide bonds. The van der Waals surface area contributed by atoms with E-state index in [-0.39, 0.29) is 38.6 Å². The maximum Gasteiger partial charge on any atom is 0.405 e. The fraction of sp³-hybridized carbons (Fsp3) is 0.432. The third kappa shape index (κ3) is 9.98. The number of furan rings is 1. The predicted molar refractivity (Wildman–Crippen MR) is 187 cm³/mol. The lowest BCUT2D eigenvalue weighted by atomic mass is 9.91. The zero-order valence-electron chi connectivity index (χ0n) is 28.4. The minimum absolute atomic E-state index is 0.00988. The van der Waals surface area contributed by atoms with Crippen molar-refractivity contribution in [1.82, 2.24) is 25.4 Å². The van der Waals surface area contributed by atoms with Crippen LogP contribution in [0.4, 0.5) is 13.2 Å². The van der Waals surface area contributed by atoms with Gasteiger partial charge in [-0.05, 0) is 43.0 Å². The highest BCUT2D eigenvalue weighted by Crippen LogP contribution is 2.33. The first-order valence-electron chi connectivity index (χ1n) is 17.2. The summed E-state index contributed by atoms with van der Waals surface area (Å²) < 4.78 is 50.9. The molecule has 1 fully saturated rings. The van der Waals surface area contributed by atoms with Crippen molar-refractivity contribution in [3.05, 3.63) is 95.2 Å². The Morgan fingerprint density at radius 2 is 1.85 bits per heavy atom. The number of carbonyl (C=O) groups excluding carboxylic acids is 2. The number of halogens is 3. The third-order valence-corrected chi connectivity index (χ3v) is 10.2. The van der Waals surface area contributed by atoms with Gasteiger partial charge in [0.25, 0.3) is 0 Å². The quantitative estimate of drug-likeness (QED) is 0.150. The molecule has 2 aliphatic rings. The van der Waals surface area contributed by atoms with Gasteiger partial charge in [0.15, 0.2) is 10.8 Å². The molecule has 52 heavy (non-hydrogen) atoms. The highest BCUT2D eigenvalue weighted by Gasteiger charge is 2.38. The lowest BCUT2D eigenvalue weighted by Gasteiger charge is -2.41. The van der Waals surface area contributed by atoms with Gasteiger partial charge >= 0.3 is 6.18 Å². The highest BCUT2D eigenvalue weighted by atomic mass is 32.1. The number of hydrogen-bond donors (Lipinski definition) is 4. The largest absolute Gasteiger partial charge is 0.490 e. The van der Waals surface area contributed by atoms with Gasteiger partial charge < -0.3 is 30.0 Å². The normalized spacial score (nSPS) is 20.8. The molecule has 0 radical (unpaired) electrons. The van der Waals surface area contributed by atoms with E-state index in [1.807, 2.05) is 58.1 Å². The molecule has 278 valence electrons. The van der Waals surface area contributed by atoms with Crippen LogP contribution in [0.5, 0.6) is 5.75 Å². The Labute approximate surface area is 303 Å². The molecule has 4 N–H and O–H groups in total. The molecule has 0 bridgehead atoms. The number of aryl methyl sites for hydroxylation is 1. The van der Waals surface area contributed by atoms with E-state index in [4.69, 9.17) is 9.15 Å². The van der Waals surface area contributed by atoms with Crippen LogP contribution in [0.25, 0.3) is 10.8 Å². The predicted octanol–water partition coefficient (Wildman–Crippen LogP) is 4.18. The number of hydrogen-bond acceptors (Lipinski definition) is 10. The number of alkyl halides is 3. The number of fused-ring (bicyclic) bond motifs is 1. The maximum absolute atomic E-state index is 13.9. The second-order valence-corrected chi connectivity index (χ2v) is 14.1. The van der Waals surface area contributed by atoms with Crippen LogP contribution in [-0.2, 0) is 22.6 Å². The molecule has 15 heteroatoms. The number of ether oxygens (including phenoxy) is 1. The van der Waals surface area contributed by atoms with E-state index in [1.54, 1.807) is 35.4 Å². The number of aliphatic hydroxyl groups excluding tert-OH is 2. The zero-order chi connectivity index (χ0) is 36.7. The molecule has 5 atom stereocenters. The number of piperazine rings is 1. The Morgan fingerprint density at radius 3 is 2.62 bits per heavy atom. The molecule has 0 saturated carbocycles. The highest BCUT2D eigenvalue weighted by molar-refractivity contribution is 7.13. The number of aliphatic hydroxyl groups is 2. The molecule has 1 saturated heterocycles. The molecule has 2 aromatic heterocycles. The monoisotopic (exact) mass is 741 g/mol. The number of carbonyl (C=O) groups is 2. The average molecular weight is 742 g/mol. The summed E-state index contributed by atoms with van der Waals surface area (Å²) in [5.41, 5.74) is 1.66. The summed E-state index contributed by atoms with van der Waals surface area (Å²) in [5.74, 6) is -0.0364. The van der Waals surface area contributed by atoms with Crippen LogP contribution in [0.2, 0.25) is 0 Å². The van der Waals surface area contributed by atoms with E-state index >= 15 is 0 Å². The van der Waals surface area contributed by atoms with Crippen LogP contribution in [0.1, 0.15) is 35.8 Å². The number of amides is 2. The smallest absolute Gasteiger partial charge is 0.405 e. The van der Waals surface area contributed by atoms with Gasteiger partial charge in [-0.1, -0.05) is 48.5 Å². The van der Waals surface area contributed by atoms with Crippen molar-refractivity contribution in [2.75, 3.05) is 39.3 Å². The Hall–Kier alpha value is -4.28. The summed E-state index contributed by atoms with van der Waals surface area (Å²) in [4.78, 5) is 35.0. The van der Waals surface area contributed by atoms with Crippen LogP contribution in [0, 0.1) is 5.92 Å². The Bertz CT molecular complexity index is 1760. The minimum atomic E-state index is -4.59. The van der Waals surface area contributed by atoms with Gasteiger partial charge in [0.1, 0.15) is 36.8 Å². The number of thiazole rings is 1. The molecular formula is C37H42F3N5O6S. The van der Waals surface area contributed by atoms with E-state index in [0.717, 1.165) is 10.6 Å². The van der Waals surface area contributed by atoms with Crippen LogP contribution < -0.4 is 15.4 Å². The number of nitrogens with one attached hydrogen (secondary N) is 2. The molecule has 2 aromatic carbocycles. The van der Waals surface area contributed by atoms with Gasteiger partial charge in [-0.25, -0.2) is 4.98 Å². The van der Waals surface area contributed by atoms with Gasteiger partial charge in [-0.3, -0.25) is 19.4 Å². The number of aromatic nitrogens is 1. The molecule has 0 spiro atoms.